The van der Waals surface area contributed by atoms with Gasteiger partial charge in [0.15, 0.2) is 5.78 Å². The van der Waals surface area contributed by atoms with Gasteiger partial charge in [-0.2, -0.15) is 0 Å². The number of furan rings is 1. The number of hydrogen-bond acceptors (Lipinski definition) is 4. The van der Waals surface area contributed by atoms with Gasteiger partial charge in [0.05, 0.1) is 5.56 Å². The fraction of sp³-hybridized carbons (Fsp3) is 0.0625. The molecule has 0 saturated carbocycles. The van der Waals surface area contributed by atoms with E-state index in [1.54, 1.807) is 36.0 Å². The number of phenolic OH excluding ortho intramolecular Hbond substituents is 1. The van der Waals surface area contributed by atoms with Crippen LogP contribution in [0.4, 0.5) is 0 Å². The summed E-state index contributed by atoms with van der Waals surface area (Å²) in [5, 5.41) is 10.2. The van der Waals surface area contributed by atoms with Gasteiger partial charge in [-0.15, -0.1) is 11.8 Å². The van der Waals surface area contributed by atoms with Gasteiger partial charge < -0.3 is 9.52 Å². The first-order valence-corrected chi connectivity index (χ1v) is 7.30. The maximum absolute atomic E-state index is 12.5. The Morgan fingerprint density at radius 2 is 1.90 bits per heavy atom. The number of hydrogen-bond donors (Lipinski definition) is 1. The van der Waals surface area contributed by atoms with Crippen LogP contribution >= 0.6 is 11.8 Å². The number of carbonyl (C=O) groups is 1. The number of benzene rings is 2. The molecule has 100 valence electrons. The minimum atomic E-state index is -0.109. The molecule has 0 aliphatic heterocycles. The highest BCUT2D eigenvalue weighted by atomic mass is 32.2. The molecule has 0 radical (unpaired) electrons. The van der Waals surface area contributed by atoms with E-state index in [0.29, 0.717) is 22.1 Å². The van der Waals surface area contributed by atoms with E-state index in [0.717, 1.165) is 4.90 Å². The first kappa shape index (κ1) is 12.8. The van der Waals surface area contributed by atoms with E-state index >= 15 is 0 Å². The maximum atomic E-state index is 12.5. The molecule has 3 aromatic rings. The molecule has 0 bridgehead atoms. The highest BCUT2D eigenvalue weighted by Gasteiger charge is 2.16. The number of rotatable bonds is 3. The molecule has 3 rings (SSSR count). The summed E-state index contributed by atoms with van der Waals surface area (Å²) in [4.78, 5) is 13.6. The van der Waals surface area contributed by atoms with Gasteiger partial charge in [0.1, 0.15) is 17.6 Å². The second-order valence-electron chi connectivity index (χ2n) is 4.39. The molecule has 0 aliphatic rings. The quantitative estimate of drug-likeness (QED) is 0.581. The minimum Gasteiger partial charge on any atom is -0.508 e. The topological polar surface area (TPSA) is 50.4 Å². The molecule has 0 fully saturated rings. The number of ketones is 1. The van der Waals surface area contributed by atoms with Crippen LogP contribution in [0.2, 0.25) is 0 Å². The van der Waals surface area contributed by atoms with Crippen LogP contribution < -0.4 is 0 Å². The molecule has 20 heavy (non-hydrogen) atoms. The van der Waals surface area contributed by atoms with Crippen molar-refractivity contribution in [1.29, 1.82) is 0 Å². The normalized spacial score (nSPS) is 10.8. The Bertz CT molecular complexity index is 772. The first-order valence-electron chi connectivity index (χ1n) is 6.08. The third kappa shape index (κ3) is 2.18. The Kier molecular flexibility index (Phi) is 3.24. The van der Waals surface area contributed by atoms with Crippen LogP contribution in [0.5, 0.6) is 5.75 Å². The molecule has 1 N–H and O–H groups in total. The summed E-state index contributed by atoms with van der Waals surface area (Å²) in [6.45, 7) is 0. The Balaban J connectivity index is 2.05. The maximum Gasteiger partial charge on any atom is 0.196 e. The van der Waals surface area contributed by atoms with Gasteiger partial charge in [-0.25, -0.2) is 0 Å². The molecule has 0 spiro atoms. The van der Waals surface area contributed by atoms with Crippen molar-refractivity contribution in [3.05, 3.63) is 59.9 Å². The van der Waals surface area contributed by atoms with E-state index in [9.17, 15) is 9.90 Å². The Morgan fingerprint density at radius 3 is 2.60 bits per heavy atom. The van der Waals surface area contributed by atoms with Gasteiger partial charge >= 0.3 is 0 Å². The van der Waals surface area contributed by atoms with Crippen LogP contribution in [0.25, 0.3) is 11.0 Å². The molecule has 4 heteroatoms. The van der Waals surface area contributed by atoms with Crippen molar-refractivity contribution in [2.75, 3.05) is 6.26 Å². The molecule has 0 atom stereocenters. The molecule has 0 saturated heterocycles. The monoisotopic (exact) mass is 284 g/mol. The smallest absolute Gasteiger partial charge is 0.196 e. The fourth-order valence-electron chi connectivity index (χ4n) is 2.09. The zero-order valence-electron chi connectivity index (χ0n) is 10.8. The lowest BCUT2D eigenvalue weighted by Crippen LogP contribution is -1.99. The average Bonchev–Trinajstić information content (AvgIpc) is 2.89. The van der Waals surface area contributed by atoms with E-state index in [-0.39, 0.29) is 11.5 Å². The van der Waals surface area contributed by atoms with Crippen molar-refractivity contribution in [2.45, 2.75) is 4.90 Å². The van der Waals surface area contributed by atoms with Crippen molar-refractivity contribution >= 4 is 28.5 Å². The number of thioether (sulfide) groups is 1. The number of aromatic hydroxyl groups is 1. The zero-order chi connectivity index (χ0) is 14.1. The lowest BCUT2D eigenvalue weighted by Gasteiger charge is -2.01. The van der Waals surface area contributed by atoms with E-state index in [1.165, 1.54) is 12.3 Å². The van der Waals surface area contributed by atoms with Gasteiger partial charge in [0.2, 0.25) is 0 Å². The summed E-state index contributed by atoms with van der Waals surface area (Å²) in [7, 11) is 0. The molecule has 3 nitrogen and oxygen atoms in total. The highest BCUT2D eigenvalue weighted by molar-refractivity contribution is 7.98. The predicted molar refractivity (Wildman–Crippen MR) is 79.5 cm³/mol. The second-order valence-corrected chi connectivity index (χ2v) is 5.27. The lowest BCUT2D eigenvalue weighted by molar-refractivity contribution is 0.103. The Labute approximate surface area is 120 Å². The molecule has 0 amide bonds. The second kappa shape index (κ2) is 5.06. The summed E-state index contributed by atoms with van der Waals surface area (Å²) in [5.74, 6) is 0.00711. The van der Waals surface area contributed by atoms with E-state index in [4.69, 9.17) is 4.42 Å². The SMILES string of the molecule is CSc1ccc(C(=O)c2coc3ccc(O)cc23)cc1. The van der Waals surface area contributed by atoms with Crippen LogP contribution in [0.15, 0.2) is 58.0 Å². The van der Waals surface area contributed by atoms with Crippen molar-refractivity contribution in [2.24, 2.45) is 0 Å². The van der Waals surface area contributed by atoms with Crippen molar-refractivity contribution in [3.63, 3.8) is 0 Å². The third-order valence-electron chi connectivity index (χ3n) is 3.15. The predicted octanol–water partition coefficient (Wildman–Crippen LogP) is 4.09. The standard InChI is InChI=1S/C16H12O3S/c1-20-12-5-2-10(3-6-12)16(18)14-9-19-15-7-4-11(17)8-13(14)15/h2-9,17H,1H3. The van der Waals surface area contributed by atoms with Crippen molar-refractivity contribution in [3.8, 4) is 5.75 Å². The van der Waals surface area contributed by atoms with Crippen LogP contribution in [0, 0.1) is 0 Å². The van der Waals surface area contributed by atoms with E-state index in [2.05, 4.69) is 0 Å². The Morgan fingerprint density at radius 1 is 1.15 bits per heavy atom. The Hall–Kier alpha value is -2.20. The summed E-state index contributed by atoms with van der Waals surface area (Å²) >= 11 is 1.63. The van der Waals surface area contributed by atoms with Crippen LogP contribution in [-0.2, 0) is 0 Å². The summed E-state index contributed by atoms with van der Waals surface area (Å²) in [5.41, 5.74) is 1.66. The fourth-order valence-corrected chi connectivity index (χ4v) is 2.50. The molecular weight excluding hydrogens is 272 g/mol. The number of phenols is 1. The van der Waals surface area contributed by atoms with Gasteiger partial charge in [-0.05, 0) is 48.7 Å². The summed E-state index contributed by atoms with van der Waals surface area (Å²) in [6, 6.07) is 12.2. The van der Waals surface area contributed by atoms with Crippen LogP contribution in [-0.4, -0.2) is 17.1 Å². The largest absolute Gasteiger partial charge is 0.508 e. The first-order chi connectivity index (χ1) is 9.69. The number of carbonyl (C=O) groups excluding carboxylic acids is 1. The summed E-state index contributed by atoms with van der Waals surface area (Å²) in [6.07, 6.45) is 3.43. The highest BCUT2D eigenvalue weighted by Crippen LogP contribution is 2.27. The molecule has 2 aromatic carbocycles. The number of fused-ring (bicyclic) bond motifs is 1. The van der Waals surface area contributed by atoms with Crippen LogP contribution in [0.1, 0.15) is 15.9 Å². The molecule has 1 aromatic heterocycles. The molecule has 0 aliphatic carbocycles. The molecule has 1 heterocycles. The minimum absolute atomic E-state index is 0.109. The van der Waals surface area contributed by atoms with Gasteiger partial charge in [0, 0.05) is 15.8 Å². The van der Waals surface area contributed by atoms with Gasteiger partial charge in [-0.3, -0.25) is 4.79 Å². The third-order valence-corrected chi connectivity index (χ3v) is 3.90. The zero-order valence-corrected chi connectivity index (χ0v) is 11.6. The van der Waals surface area contributed by atoms with E-state index < -0.39 is 0 Å². The van der Waals surface area contributed by atoms with Crippen molar-refractivity contribution in [1.82, 2.24) is 0 Å². The average molecular weight is 284 g/mol. The molecule has 0 unspecified atom stereocenters. The van der Waals surface area contributed by atoms with Crippen molar-refractivity contribution < 1.29 is 14.3 Å². The molecular formula is C16H12O3S. The lowest BCUT2D eigenvalue weighted by atomic mass is 10.0. The summed E-state index contributed by atoms with van der Waals surface area (Å²) < 4.78 is 5.36. The van der Waals surface area contributed by atoms with Gasteiger partial charge in [0.25, 0.3) is 0 Å². The van der Waals surface area contributed by atoms with Crippen LogP contribution in [0.3, 0.4) is 0 Å². The van der Waals surface area contributed by atoms with E-state index in [1.807, 2.05) is 18.4 Å². The van der Waals surface area contributed by atoms with Gasteiger partial charge in [-0.1, -0.05) is 0 Å².